The number of aromatic nitrogens is 2. The first-order chi connectivity index (χ1) is 18.4. The molecule has 0 bridgehead atoms. The predicted octanol–water partition coefficient (Wildman–Crippen LogP) is 5.62. The summed E-state index contributed by atoms with van der Waals surface area (Å²) >= 11 is 0. The van der Waals surface area contributed by atoms with E-state index < -0.39 is 5.54 Å². The topological polar surface area (TPSA) is 86.9 Å². The van der Waals surface area contributed by atoms with Crippen molar-refractivity contribution in [1.29, 1.82) is 0 Å². The molecule has 1 atom stereocenters. The molecule has 0 spiro atoms. The van der Waals surface area contributed by atoms with Gasteiger partial charge in [-0.1, -0.05) is 61.2 Å². The lowest BCUT2D eigenvalue weighted by molar-refractivity contribution is -0.127. The maximum Gasteiger partial charge on any atom is 0.252 e. The summed E-state index contributed by atoms with van der Waals surface area (Å²) in [5, 5.41) is 7.40. The lowest BCUT2D eigenvalue weighted by Gasteiger charge is -2.38. The van der Waals surface area contributed by atoms with Gasteiger partial charge in [0.1, 0.15) is 5.54 Å². The highest BCUT2D eigenvalue weighted by Gasteiger charge is 2.40. The van der Waals surface area contributed by atoms with E-state index in [4.69, 9.17) is 0 Å². The number of aryl methyl sites for hydroxylation is 1. The molecule has 3 N–H and O–H groups in total. The second-order valence-electron chi connectivity index (χ2n) is 10.9. The van der Waals surface area contributed by atoms with Crippen LogP contribution >= 0.6 is 0 Å². The van der Waals surface area contributed by atoms with Gasteiger partial charge in [-0.05, 0) is 62.6 Å². The largest absolute Gasteiger partial charge is 0.361 e. The van der Waals surface area contributed by atoms with Gasteiger partial charge in [0, 0.05) is 52.9 Å². The molecule has 1 fully saturated rings. The summed E-state index contributed by atoms with van der Waals surface area (Å²) < 4.78 is 0. The molecule has 1 aliphatic carbocycles. The minimum Gasteiger partial charge on any atom is -0.361 e. The summed E-state index contributed by atoms with van der Waals surface area (Å²) in [5.74, 6) is -0.455. The summed E-state index contributed by atoms with van der Waals surface area (Å²) in [6.07, 6.45) is 9.52. The fourth-order valence-electron chi connectivity index (χ4n) is 5.74. The normalized spacial score (nSPS) is 16.5. The molecule has 6 nitrogen and oxygen atoms in total. The first kappa shape index (κ1) is 25.7. The van der Waals surface area contributed by atoms with Crippen LogP contribution in [-0.2, 0) is 16.6 Å². The number of hydrogen-bond donors (Lipinski definition) is 3. The number of rotatable bonds is 8. The van der Waals surface area contributed by atoms with E-state index in [1.54, 1.807) is 12.1 Å². The third-order valence-corrected chi connectivity index (χ3v) is 8.03. The number of nitrogens with zero attached hydrogens (tertiary/aromatic N) is 1. The standard InChI is InChI=1S/C32H36N4O2/c1-23-13-15-24(16-14-23)29(37)36-31(2,20-25-21-34-27-11-5-4-10-26(25)27)30(38)35-22-32(17-7-3-8-18-32)28-12-6-9-19-33-28/h4-6,9-16,19,21,34H,3,7-8,17-18,20,22H2,1-2H3,(H,35,38)(H,36,37)/t31-/m0/s1. The zero-order valence-electron chi connectivity index (χ0n) is 22.2. The molecule has 196 valence electrons. The van der Waals surface area contributed by atoms with E-state index in [-0.39, 0.29) is 17.2 Å². The SMILES string of the molecule is Cc1ccc(C(=O)N[C@@](C)(Cc2c[nH]c3ccccc23)C(=O)NCC2(c3ccccn3)CCCCC2)cc1. The van der Waals surface area contributed by atoms with Crippen molar-refractivity contribution in [3.05, 3.63) is 102 Å². The van der Waals surface area contributed by atoms with Gasteiger partial charge in [-0.3, -0.25) is 14.6 Å². The Morgan fingerprint density at radius 2 is 1.71 bits per heavy atom. The number of nitrogens with one attached hydrogen (secondary N) is 3. The number of amides is 2. The molecule has 38 heavy (non-hydrogen) atoms. The molecular formula is C32H36N4O2. The summed E-state index contributed by atoms with van der Waals surface area (Å²) in [7, 11) is 0. The molecule has 2 amide bonds. The van der Waals surface area contributed by atoms with Crippen LogP contribution in [0.25, 0.3) is 10.9 Å². The maximum absolute atomic E-state index is 14.0. The number of H-pyrrole nitrogens is 1. The average Bonchev–Trinajstić information content (AvgIpc) is 3.35. The second kappa shape index (κ2) is 10.8. The van der Waals surface area contributed by atoms with Gasteiger partial charge < -0.3 is 15.6 Å². The Morgan fingerprint density at radius 1 is 0.974 bits per heavy atom. The third-order valence-electron chi connectivity index (χ3n) is 8.03. The first-order valence-corrected chi connectivity index (χ1v) is 13.5. The minimum absolute atomic E-state index is 0.191. The molecule has 2 heterocycles. The fraction of sp³-hybridized carbons (Fsp3) is 0.344. The quantitative estimate of drug-likeness (QED) is 0.289. The van der Waals surface area contributed by atoms with Crippen LogP contribution in [0.4, 0.5) is 0 Å². The van der Waals surface area contributed by atoms with E-state index in [9.17, 15) is 9.59 Å². The van der Waals surface area contributed by atoms with E-state index in [2.05, 4.69) is 26.7 Å². The van der Waals surface area contributed by atoms with E-state index in [1.807, 2.05) is 74.8 Å². The highest BCUT2D eigenvalue weighted by Crippen LogP contribution is 2.38. The van der Waals surface area contributed by atoms with E-state index in [0.717, 1.165) is 53.4 Å². The third kappa shape index (κ3) is 5.35. The smallest absolute Gasteiger partial charge is 0.252 e. The monoisotopic (exact) mass is 508 g/mol. The molecule has 0 aliphatic heterocycles. The van der Waals surface area contributed by atoms with Crippen LogP contribution in [0.5, 0.6) is 0 Å². The first-order valence-electron chi connectivity index (χ1n) is 13.5. The molecular weight excluding hydrogens is 472 g/mol. The van der Waals surface area contributed by atoms with Crippen LogP contribution in [-0.4, -0.2) is 33.9 Å². The number of aromatic amines is 1. The van der Waals surface area contributed by atoms with Crippen molar-refractivity contribution in [2.24, 2.45) is 0 Å². The van der Waals surface area contributed by atoms with Crippen molar-refractivity contribution in [3.63, 3.8) is 0 Å². The highest BCUT2D eigenvalue weighted by atomic mass is 16.2. The molecule has 0 unspecified atom stereocenters. The minimum atomic E-state index is -1.16. The molecule has 6 heteroatoms. The number of carbonyl (C=O) groups is 2. The van der Waals surface area contributed by atoms with Gasteiger partial charge in [0.15, 0.2) is 0 Å². The molecule has 0 saturated heterocycles. The Bertz CT molecular complexity index is 1400. The van der Waals surface area contributed by atoms with Crippen LogP contribution in [0.15, 0.2) is 79.1 Å². The highest BCUT2D eigenvalue weighted by molar-refractivity contribution is 5.99. The second-order valence-corrected chi connectivity index (χ2v) is 10.9. The maximum atomic E-state index is 14.0. The van der Waals surface area contributed by atoms with Crippen molar-refractivity contribution >= 4 is 22.7 Å². The van der Waals surface area contributed by atoms with Crippen LogP contribution in [0.2, 0.25) is 0 Å². The van der Waals surface area contributed by atoms with Crippen molar-refractivity contribution < 1.29 is 9.59 Å². The summed E-state index contributed by atoms with van der Waals surface area (Å²) in [4.78, 5) is 35.3. The molecule has 1 saturated carbocycles. The van der Waals surface area contributed by atoms with Crippen LogP contribution in [0.3, 0.4) is 0 Å². The predicted molar refractivity (Wildman–Crippen MR) is 151 cm³/mol. The number of para-hydroxylation sites is 1. The van der Waals surface area contributed by atoms with Crippen molar-refractivity contribution in [3.8, 4) is 0 Å². The van der Waals surface area contributed by atoms with Crippen molar-refractivity contribution in [2.45, 2.75) is 63.3 Å². The van der Waals surface area contributed by atoms with Gasteiger partial charge >= 0.3 is 0 Å². The Labute approximate surface area is 224 Å². The summed E-state index contributed by atoms with van der Waals surface area (Å²) in [6.45, 7) is 4.30. The van der Waals surface area contributed by atoms with Gasteiger partial charge in [0.25, 0.3) is 5.91 Å². The number of benzene rings is 2. The summed E-state index contributed by atoms with van der Waals surface area (Å²) in [5.41, 5.74) is 3.28. The zero-order valence-corrected chi connectivity index (χ0v) is 22.2. The van der Waals surface area contributed by atoms with Crippen molar-refractivity contribution in [2.75, 3.05) is 6.54 Å². The molecule has 4 aromatic rings. The van der Waals surface area contributed by atoms with Gasteiger partial charge in [0.05, 0.1) is 0 Å². The lowest BCUT2D eigenvalue weighted by Crippen LogP contribution is -2.59. The van der Waals surface area contributed by atoms with Gasteiger partial charge in [-0.2, -0.15) is 0 Å². The van der Waals surface area contributed by atoms with E-state index in [0.29, 0.717) is 18.5 Å². The van der Waals surface area contributed by atoms with E-state index in [1.165, 1.54) is 6.42 Å². The molecule has 2 aromatic carbocycles. The summed E-state index contributed by atoms with van der Waals surface area (Å²) in [6, 6.07) is 21.5. The average molecular weight is 509 g/mol. The van der Waals surface area contributed by atoms with Gasteiger partial charge in [-0.25, -0.2) is 0 Å². The number of pyridine rings is 1. The number of carbonyl (C=O) groups excluding carboxylic acids is 2. The lowest BCUT2D eigenvalue weighted by atomic mass is 9.71. The van der Waals surface area contributed by atoms with Crippen LogP contribution in [0, 0.1) is 6.92 Å². The molecule has 0 radical (unpaired) electrons. The zero-order chi connectivity index (χ0) is 26.6. The Hall–Kier alpha value is -3.93. The molecule has 2 aromatic heterocycles. The molecule has 5 rings (SSSR count). The van der Waals surface area contributed by atoms with Gasteiger partial charge in [-0.15, -0.1) is 0 Å². The van der Waals surface area contributed by atoms with Crippen LogP contribution in [0.1, 0.15) is 66.2 Å². The Kier molecular flexibility index (Phi) is 7.32. The number of hydrogen-bond acceptors (Lipinski definition) is 3. The fourth-order valence-corrected chi connectivity index (χ4v) is 5.74. The number of fused-ring (bicyclic) bond motifs is 1. The Morgan fingerprint density at radius 3 is 2.45 bits per heavy atom. The molecule has 1 aliphatic rings. The van der Waals surface area contributed by atoms with Crippen LogP contribution < -0.4 is 10.6 Å². The van der Waals surface area contributed by atoms with Gasteiger partial charge in [0.2, 0.25) is 5.91 Å². The Balaban J connectivity index is 1.42. The van der Waals surface area contributed by atoms with Crippen molar-refractivity contribution in [1.82, 2.24) is 20.6 Å². The van der Waals surface area contributed by atoms with E-state index >= 15 is 0 Å².